The quantitative estimate of drug-likeness (QED) is 0.921. The maximum absolute atomic E-state index is 4.41. The third kappa shape index (κ3) is 4.17. The Morgan fingerprint density at radius 3 is 2.55 bits per heavy atom. The van der Waals surface area contributed by atoms with E-state index in [9.17, 15) is 0 Å². The molecule has 1 aromatic heterocycles. The van der Waals surface area contributed by atoms with Crippen LogP contribution in [0.2, 0.25) is 0 Å². The largest absolute Gasteiger partial charge is 0.352 e. The minimum atomic E-state index is 0.109. The summed E-state index contributed by atoms with van der Waals surface area (Å²) in [5, 5.41) is 12.2. The summed E-state index contributed by atoms with van der Waals surface area (Å²) >= 11 is 0. The Morgan fingerprint density at radius 1 is 1.25 bits per heavy atom. The van der Waals surface area contributed by atoms with E-state index in [0.717, 1.165) is 30.5 Å². The summed E-state index contributed by atoms with van der Waals surface area (Å²) in [6.07, 6.45) is 2.49. The first-order valence-electron chi connectivity index (χ1n) is 7.69. The van der Waals surface area contributed by atoms with Crippen molar-refractivity contribution in [1.29, 1.82) is 0 Å². The molecule has 0 amide bonds. The minimum Gasteiger partial charge on any atom is -0.352 e. The lowest BCUT2D eigenvalue weighted by Crippen LogP contribution is -2.41. The molecule has 1 aliphatic heterocycles. The number of rotatable bonds is 3. The number of hydrogen-bond acceptors (Lipinski definition) is 4. The van der Waals surface area contributed by atoms with E-state index in [0.29, 0.717) is 6.04 Å². The van der Waals surface area contributed by atoms with Crippen LogP contribution in [0.5, 0.6) is 0 Å². The first kappa shape index (κ1) is 15.2. The molecule has 0 saturated carbocycles. The van der Waals surface area contributed by atoms with Gasteiger partial charge in [0.05, 0.1) is 5.69 Å². The third-order valence-corrected chi connectivity index (χ3v) is 3.94. The second-order valence-electron chi connectivity index (χ2n) is 7.16. The zero-order valence-corrected chi connectivity index (χ0v) is 13.5. The van der Waals surface area contributed by atoms with Gasteiger partial charge in [-0.1, -0.05) is 6.92 Å². The number of nitrogens with one attached hydrogen (secondary N) is 1. The first-order chi connectivity index (χ1) is 9.35. The van der Waals surface area contributed by atoms with Gasteiger partial charge in [-0.3, -0.25) is 0 Å². The first-order valence-corrected chi connectivity index (χ1v) is 7.69. The second-order valence-corrected chi connectivity index (χ2v) is 7.16. The van der Waals surface area contributed by atoms with Gasteiger partial charge in [0.2, 0.25) is 0 Å². The SMILES string of the molecule is CC1CCN(c2ccc(CNC(C)(C)C)nn2)C(C)C1. The van der Waals surface area contributed by atoms with Crippen molar-refractivity contribution in [2.75, 3.05) is 11.4 Å². The Balaban J connectivity index is 1.97. The van der Waals surface area contributed by atoms with Crippen molar-refractivity contribution in [3.63, 3.8) is 0 Å². The van der Waals surface area contributed by atoms with Crippen molar-refractivity contribution in [2.45, 2.75) is 65.6 Å². The van der Waals surface area contributed by atoms with Crippen molar-refractivity contribution in [3.05, 3.63) is 17.8 Å². The molecular weight excluding hydrogens is 248 g/mol. The Kier molecular flexibility index (Phi) is 4.63. The van der Waals surface area contributed by atoms with Crippen molar-refractivity contribution >= 4 is 5.82 Å². The van der Waals surface area contributed by atoms with E-state index in [4.69, 9.17) is 0 Å². The van der Waals surface area contributed by atoms with E-state index >= 15 is 0 Å². The molecule has 2 rings (SSSR count). The van der Waals surface area contributed by atoms with Crippen LogP contribution in [0.4, 0.5) is 5.82 Å². The fraction of sp³-hybridized carbons (Fsp3) is 0.750. The third-order valence-electron chi connectivity index (χ3n) is 3.94. The van der Waals surface area contributed by atoms with Crippen LogP contribution in [0.15, 0.2) is 12.1 Å². The molecule has 2 atom stereocenters. The van der Waals surface area contributed by atoms with Crippen molar-refractivity contribution < 1.29 is 0 Å². The number of aromatic nitrogens is 2. The highest BCUT2D eigenvalue weighted by atomic mass is 15.3. The lowest BCUT2D eigenvalue weighted by molar-refractivity contribution is 0.375. The maximum atomic E-state index is 4.41. The smallest absolute Gasteiger partial charge is 0.151 e. The number of piperidine rings is 1. The molecule has 1 fully saturated rings. The monoisotopic (exact) mass is 276 g/mol. The summed E-state index contributed by atoms with van der Waals surface area (Å²) < 4.78 is 0. The van der Waals surface area contributed by atoms with E-state index in [1.54, 1.807) is 0 Å². The molecule has 4 nitrogen and oxygen atoms in total. The highest BCUT2D eigenvalue weighted by Crippen LogP contribution is 2.25. The molecule has 1 N–H and O–H groups in total. The van der Waals surface area contributed by atoms with Crippen LogP contribution in [0.1, 0.15) is 53.2 Å². The Bertz CT molecular complexity index is 421. The molecule has 0 radical (unpaired) electrons. The minimum absolute atomic E-state index is 0.109. The zero-order valence-electron chi connectivity index (χ0n) is 13.5. The van der Waals surface area contributed by atoms with Crippen LogP contribution < -0.4 is 10.2 Å². The van der Waals surface area contributed by atoms with E-state index in [-0.39, 0.29) is 5.54 Å². The average Bonchev–Trinajstić information content (AvgIpc) is 2.36. The molecule has 0 aliphatic carbocycles. The fourth-order valence-electron chi connectivity index (χ4n) is 2.70. The summed E-state index contributed by atoms with van der Waals surface area (Å²) in [7, 11) is 0. The van der Waals surface area contributed by atoms with Gasteiger partial charge in [-0.2, -0.15) is 5.10 Å². The van der Waals surface area contributed by atoms with Gasteiger partial charge in [0, 0.05) is 24.7 Å². The molecule has 1 aliphatic rings. The van der Waals surface area contributed by atoms with E-state index in [2.05, 4.69) is 67.2 Å². The fourth-order valence-corrected chi connectivity index (χ4v) is 2.70. The van der Waals surface area contributed by atoms with Gasteiger partial charge in [0.1, 0.15) is 0 Å². The van der Waals surface area contributed by atoms with Gasteiger partial charge < -0.3 is 10.2 Å². The van der Waals surface area contributed by atoms with E-state index in [1.165, 1.54) is 12.8 Å². The van der Waals surface area contributed by atoms with E-state index < -0.39 is 0 Å². The topological polar surface area (TPSA) is 41.0 Å². The molecule has 20 heavy (non-hydrogen) atoms. The zero-order chi connectivity index (χ0) is 14.8. The van der Waals surface area contributed by atoms with Crippen LogP contribution in [-0.2, 0) is 6.54 Å². The molecule has 2 heterocycles. The van der Waals surface area contributed by atoms with Crippen molar-refractivity contribution in [2.24, 2.45) is 5.92 Å². The van der Waals surface area contributed by atoms with Crippen LogP contribution in [0.3, 0.4) is 0 Å². The van der Waals surface area contributed by atoms with Crippen LogP contribution in [0.25, 0.3) is 0 Å². The Morgan fingerprint density at radius 2 is 2.00 bits per heavy atom. The van der Waals surface area contributed by atoms with Gasteiger partial charge in [-0.25, -0.2) is 0 Å². The van der Waals surface area contributed by atoms with Gasteiger partial charge >= 0.3 is 0 Å². The van der Waals surface area contributed by atoms with Gasteiger partial charge in [-0.05, 0) is 58.6 Å². The number of hydrogen-bond donors (Lipinski definition) is 1. The normalized spacial score (nSPS) is 23.9. The van der Waals surface area contributed by atoms with Gasteiger partial charge in [0.15, 0.2) is 5.82 Å². The summed E-state index contributed by atoms with van der Waals surface area (Å²) in [5.74, 6) is 1.84. The standard InChI is InChI=1S/C16H28N4/c1-12-8-9-20(13(2)10-12)15-7-6-14(18-19-15)11-17-16(3,4)5/h6-7,12-13,17H,8-11H2,1-5H3. The molecule has 0 aromatic carbocycles. The van der Waals surface area contributed by atoms with E-state index in [1.807, 2.05) is 0 Å². The highest BCUT2D eigenvalue weighted by molar-refractivity contribution is 5.39. The highest BCUT2D eigenvalue weighted by Gasteiger charge is 2.24. The van der Waals surface area contributed by atoms with Gasteiger partial charge in [0.25, 0.3) is 0 Å². The predicted molar refractivity (Wildman–Crippen MR) is 83.8 cm³/mol. The molecule has 0 bridgehead atoms. The van der Waals surface area contributed by atoms with Crippen LogP contribution in [0, 0.1) is 5.92 Å². The molecule has 4 heteroatoms. The molecule has 2 unspecified atom stereocenters. The molecule has 0 spiro atoms. The molecule has 1 aromatic rings. The molecule has 1 saturated heterocycles. The number of anilines is 1. The average molecular weight is 276 g/mol. The Hall–Kier alpha value is -1.16. The van der Waals surface area contributed by atoms with Gasteiger partial charge in [-0.15, -0.1) is 5.10 Å². The summed E-state index contributed by atoms with van der Waals surface area (Å²) in [5.41, 5.74) is 1.11. The molecular formula is C16H28N4. The number of nitrogens with zero attached hydrogens (tertiary/aromatic N) is 3. The van der Waals surface area contributed by atoms with Crippen molar-refractivity contribution in [1.82, 2.24) is 15.5 Å². The van der Waals surface area contributed by atoms with Crippen LogP contribution in [-0.4, -0.2) is 28.3 Å². The lowest BCUT2D eigenvalue weighted by Gasteiger charge is -2.37. The summed E-state index contributed by atoms with van der Waals surface area (Å²) in [6.45, 7) is 13.0. The maximum Gasteiger partial charge on any atom is 0.151 e. The summed E-state index contributed by atoms with van der Waals surface area (Å²) in [6, 6.07) is 4.76. The van der Waals surface area contributed by atoms with Crippen molar-refractivity contribution in [3.8, 4) is 0 Å². The molecule has 112 valence electrons. The Labute approximate surface area is 123 Å². The summed E-state index contributed by atoms with van der Waals surface area (Å²) in [4.78, 5) is 2.38. The predicted octanol–water partition coefficient (Wildman–Crippen LogP) is 2.99. The second kappa shape index (κ2) is 6.08. The lowest BCUT2D eigenvalue weighted by atomic mass is 9.93. The van der Waals surface area contributed by atoms with Crippen LogP contribution >= 0.6 is 0 Å².